The summed E-state index contributed by atoms with van der Waals surface area (Å²) < 4.78 is 20.2. The molecule has 168 valence electrons. The van der Waals surface area contributed by atoms with Gasteiger partial charge in [-0.3, -0.25) is 9.36 Å². The van der Waals surface area contributed by atoms with Gasteiger partial charge in [0.15, 0.2) is 11.0 Å². The highest BCUT2D eigenvalue weighted by Crippen LogP contribution is 2.23. The van der Waals surface area contributed by atoms with Gasteiger partial charge < -0.3 is 15.4 Å². The van der Waals surface area contributed by atoms with Gasteiger partial charge in [0.1, 0.15) is 11.6 Å². The van der Waals surface area contributed by atoms with Crippen molar-refractivity contribution >= 4 is 29.0 Å². The van der Waals surface area contributed by atoms with Gasteiger partial charge in [0.05, 0.1) is 19.4 Å². The van der Waals surface area contributed by atoms with Crippen LogP contribution in [0.25, 0.3) is 5.69 Å². The van der Waals surface area contributed by atoms with E-state index in [0.717, 1.165) is 17.1 Å². The van der Waals surface area contributed by atoms with Crippen molar-refractivity contribution in [1.29, 1.82) is 0 Å². The number of nitrogens with one attached hydrogen (secondary N) is 2. The van der Waals surface area contributed by atoms with Crippen molar-refractivity contribution in [1.82, 2.24) is 14.8 Å². The summed E-state index contributed by atoms with van der Waals surface area (Å²) in [5, 5.41) is 15.3. The topological polar surface area (TPSA) is 81.1 Å². The molecule has 9 heteroatoms. The molecular weight excluding hydrogens is 441 g/mol. The van der Waals surface area contributed by atoms with Crippen LogP contribution in [0.4, 0.5) is 15.8 Å². The lowest BCUT2D eigenvalue weighted by Gasteiger charge is -2.11. The van der Waals surface area contributed by atoms with Crippen molar-refractivity contribution in [3.63, 3.8) is 0 Å². The van der Waals surface area contributed by atoms with E-state index in [1.165, 1.54) is 23.9 Å². The fourth-order valence-electron chi connectivity index (χ4n) is 3.10. The molecule has 0 saturated heterocycles. The maximum atomic E-state index is 13.2. The van der Waals surface area contributed by atoms with Gasteiger partial charge in [-0.05, 0) is 60.7 Å². The van der Waals surface area contributed by atoms with E-state index in [2.05, 4.69) is 20.8 Å². The lowest BCUT2D eigenvalue weighted by Crippen LogP contribution is -2.15. The van der Waals surface area contributed by atoms with Crippen LogP contribution < -0.4 is 15.4 Å². The number of thioether (sulfide) groups is 1. The fraction of sp³-hybridized carbons (Fsp3) is 0.125. The van der Waals surface area contributed by atoms with Crippen LogP contribution in [0.1, 0.15) is 5.82 Å². The predicted molar refractivity (Wildman–Crippen MR) is 127 cm³/mol. The van der Waals surface area contributed by atoms with Crippen LogP contribution in [0, 0.1) is 5.82 Å². The van der Waals surface area contributed by atoms with Crippen LogP contribution in [0.2, 0.25) is 0 Å². The summed E-state index contributed by atoms with van der Waals surface area (Å²) in [5.74, 6) is 1.12. The third-order valence-corrected chi connectivity index (χ3v) is 5.64. The van der Waals surface area contributed by atoms with Gasteiger partial charge >= 0.3 is 0 Å². The second-order valence-electron chi connectivity index (χ2n) is 7.00. The van der Waals surface area contributed by atoms with Gasteiger partial charge in [-0.2, -0.15) is 0 Å². The van der Waals surface area contributed by atoms with E-state index >= 15 is 0 Å². The summed E-state index contributed by atoms with van der Waals surface area (Å²) in [5.41, 5.74) is 2.35. The van der Waals surface area contributed by atoms with E-state index in [1.807, 2.05) is 34.9 Å². The molecule has 0 radical (unpaired) electrons. The molecule has 1 heterocycles. The van der Waals surface area contributed by atoms with Crippen molar-refractivity contribution in [2.24, 2.45) is 0 Å². The van der Waals surface area contributed by atoms with Gasteiger partial charge in [-0.1, -0.05) is 30.0 Å². The van der Waals surface area contributed by atoms with Crippen molar-refractivity contribution in [3.05, 3.63) is 90.5 Å². The number of amides is 1. The maximum Gasteiger partial charge on any atom is 0.234 e. The molecule has 0 spiro atoms. The van der Waals surface area contributed by atoms with E-state index in [0.29, 0.717) is 23.2 Å². The average Bonchev–Trinajstić information content (AvgIpc) is 3.26. The highest BCUT2D eigenvalue weighted by atomic mass is 32.2. The van der Waals surface area contributed by atoms with E-state index in [-0.39, 0.29) is 17.5 Å². The van der Waals surface area contributed by atoms with Crippen molar-refractivity contribution < 1.29 is 13.9 Å². The number of carbonyl (C=O) groups is 1. The zero-order valence-corrected chi connectivity index (χ0v) is 18.7. The third-order valence-electron chi connectivity index (χ3n) is 4.72. The summed E-state index contributed by atoms with van der Waals surface area (Å²) in [6.45, 7) is 0.381. The SMILES string of the molecule is COc1ccc(NC(=O)CSc2nnc(CNc3ccc(F)cc3)n2-c2ccccc2)cc1. The first kappa shape index (κ1) is 22.3. The monoisotopic (exact) mass is 463 g/mol. The second kappa shape index (κ2) is 10.6. The number of para-hydroxylation sites is 1. The Morgan fingerprint density at radius 1 is 0.970 bits per heavy atom. The minimum atomic E-state index is -0.292. The molecular formula is C24H22FN5O2S. The van der Waals surface area contributed by atoms with Crippen molar-refractivity contribution in [2.45, 2.75) is 11.7 Å². The Kier molecular flexibility index (Phi) is 7.21. The van der Waals surface area contributed by atoms with E-state index in [1.54, 1.807) is 43.5 Å². The molecule has 1 aromatic heterocycles. The number of benzene rings is 3. The van der Waals surface area contributed by atoms with Crippen LogP contribution in [-0.4, -0.2) is 33.5 Å². The van der Waals surface area contributed by atoms with Gasteiger partial charge in [0.2, 0.25) is 5.91 Å². The fourth-order valence-corrected chi connectivity index (χ4v) is 3.87. The lowest BCUT2D eigenvalue weighted by atomic mass is 10.3. The lowest BCUT2D eigenvalue weighted by molar-refractivity contribution is -0.113. The Bertz CT molecular complexity index is 1200. The molecule has 1 amide bonds. The Balaban J connectivity index is 1.46. The maximum absolute atomic E-state index is 13.2. The minimum absolute atomic E-state index is 0.154. The molecule has 3 aromatic carbocycles. The molecule has 0 saturated carbocycles. The van der Waals surface area contributed by atoms with E-state index < -0.39 is 0 Å². The first-order valence-electron chi connectivity index (χ1n) is 10.2. The molecule has 0 fully saturated rings. The largest absolute Gasteiger partial charge is 0.497 e. The van der Waals surface area contributed by atoms with Crippen LogP contribution >= 0.6 is 11.8 Å². The quantitative estimate of drug-likeness (QED) is 0.349. The van der Waals surface area contributed by atoms with Crippen LogP contribution in [0.5, 0.6) is 5.75 Å². The molecule has 2 N–H and O–H groups in total. The second-order valence-corrected chi connectivity index (χ2v) is 7.94. The smallest absolute Gasteiger partial charge is 0.234 e. The van der Waals surface area contributed by atoms with Crippen molar-refractivity contribution in [2.75, 3.05) is 23.5 Å². The van der Waals surface area contributed by atoms with Gasteiger partial charge in [-0.15, -0.1) is 10.2 Å². The number of methoxy groups -OCH3 is 1. The number of halogens is 1. The number of anilines is 2. The third kappa shape index (κ3) is 5.89. The molecule has 0 bridgehead atoms. The van der Waals surface area contributed by atoms with Crippen LogP contribution in [0.15, 0.2) is 84.0 Å². The number of hydrogen-bond acceptors (Lipinski definition) is 6. The number of nitrogens with zero attached hydrogens (tertiary/aromatic N) is 3. The molecule has 0 aliphatic carbocycles. The molecule has 4 rings (SSSR count). The minimum Gasteiger partial charge on any atom is -0.497 e. The molecule has 0 atom stereocenters. The number of carbonyl (C=O) groups excluding carboxylic acids is 1. The Morgan fingerprint density at radius 3 is 2.36 bits per heavy atom. The zero-order valence-electron chi connectivity index (χ0n) is 17.9. The number of ether oxygens (including phenoxy) is 1. The Hall–Kier alpha value is -3.85. The zero-order chi connectivity index (χ0) is 23.0. The number of aromatic nitrogens is 3. The summed E-state index contributed by atoms with van der Waals surface area (Å²) >= 11 is 1.30. The van der Waals surface area contributed by atoms with Gasteiger partial charge in [0.25, 0.3) is 0 Å². The van der Waals surface area contributed by atoms with Gasteiger partial charge in [0, 0.05) is 17.1 Å². The van der Waals surface area contributed by atoms with E-state index in [4.69, 9.17) is 4.74 Å². The predicted octanol–water partition coefficient (Wildman–Crippen LogP) is 4.76. The molecule has 33 heavy (non-hydrogen) atoms. The summed E-state index contributed by atoms with van der Waals surface area (Å²) in [6.07, 6.45) is 0. The first-order chi connectivity index (χ1) is 16.1. The highest BCUT2D eigenvalue weighted by Gasteiger charge is 2.16. The normalized spacial score (nSPS) is 10.6. The van der Waals surface area contributed by atoms with Gasteiger partial charge in [-0.25, -0.2) is 4.39 Å². The first-order valence-corrected chi connectivity index (χ1v) is 11.2. The number of rotatable bonds is 9. The summed E-state index contributed by atoms with van der Waals surface area (Å²) in [4.78, 5) is 12.5. The van der Waals surface area contributed by atoms with Crippen LogP contribution in [-0.2, 0) is 11.3 Å². The standard InChI is InChI=1S/C24H22FN5O2S/c1-32-21-13-11-19(12-14-21)27-23(31)16-33-24-29-28-22(30(24)20-5-3-2-4-6-20)15-26-18-9-7-17(25)8-10-18/h2-14,26H,15-16H2,1H3,(H,27,31). The average molecular weight is 464 g/mol. The Morgan fingerprint density at radius 2 is 1.67 bits per heavy atom. The molecule has 0 unspecified atom stereocenters. The molecule has 0 aliphatic rings. The highest BCUT2D eigenvalue weighted by molar-refractivity contribution is 7.99. The molecule has 7 nitrogen and oxygen atoms in total. The summed E-state index contributed by atoms with van der Waals surface area (Å²) in [7, 11) is 1.59. The van der Waals surface area contributed by atoms with E-state index in [9.17, 15) is 9.18 Å². The molecule has 0 aliphatic heterocycles. The van der Waals surface area contributed by atoms with Crippen molar-refractivity contribution in [3.8, 4) is 11.4 Å². The van der Waals surface area contributed by atoms with Crippen LogP contribution in [0.3, 0.4) is 0 Å². The summed E-state index contributed by atoms with van der Waals surface area (Å²) in [6, 6.07) is 23.0. The Labute approximate surface area is 195 Å². The number of hydrogen-bond donors (Lipinski definition) is 2. The molecule has 4 aromatic rings.